The highest BCUT2D eigenvalue weighted by molar-refractivity contribution is 5.68. The molecule has 0 aliphatic carbocycles. The smallest absolute Gasteiger partial charge is 0.410 e. The van der Waals surface area contributed by atoms with E-state index in [4.69, 9.17) is 0 Å². The van der Waals surface area contributed by atoms with E-state index in [9.17, 15) is 9.90 Å². The van der Waals surface area contributed by atoms with E-state index >= 15 is 0 Å². The van der Waals surface area contributed by atoms with Crippen molar-refractivity contribution in [2.75, 3.05) is 7.11 Å². The molecule has 1 heterocycles. The molecular formula is C9H17NO3. The maximum Gasteiger partial charge on any atom is 0.410 e. The topological polar surface area (TPSA) is 49.8 Å². The Morgan fingerprint density at radius 1 is 1.69 bits per heavy atom. The molecule has 3 atom stereocenters. The Kier molecular flexibility index (Phi) is 3.14. The van der Waals surface area contributed by atoms with E-state index in [1.54, 1.807) is 4.90 Å². The summed E-state index contributed by atoms with van der Waals surface area (Å²) >= 11 is 0. The largest absolute Gasteiger partial charge is 0.453 e. The Balaban J connectivity index is 2.74. The molecule has 1 saturated heterocycles. The van der Waals surface area contributed by atoms with E-state index in [-0.39, 0.29) is 18.2 Å². The minimum Gasteiger partial charge on any atom is -0.453 e. The Labute approximate surface area is 78.5 Å². The lowest BCUT2D eigenvalue weighted by atomic mass is 10.1. The fraction of sp³-hybridized carbons (Fsp3) is 0.889. The van der Waals surface area contributed by atoms with Gasteiger partial charge in [-0.2, -0.15) is 0 Å². The van der Waals surface area contributed by atoms with Crippen LogP contribution in [0.3, 0.4) is 0 Å². The first-order chi connectivity index (χ1) is 6.11. The van der Waals surface area contributed by atoms with Crippen LogP contribution in [0.2, 0.25) is 0 Å². The molecule has 4 heteroatoms. The molecule has 0 aromatic heterocycles. The van der Waals surface area contributed by atoms with E-state index in [2.05, 4.69) is 4.74 Å². The molecule has 0 aromatic carbocycles. The molecule has 0 spiro atoms. The second-order valence-electron chi connectivity index (χ2n) is 3.50. The number of aliphatic hydroxyl groups excluding tert-OH is 1. The second-order valence-corrected chi connectivity index (χ2v) is 3.50. The van der Waals surface area contributed by atoms with Gasteiger partial charge in [0.15, 0.2) is 0 Å². The van der Waals surface area contributed by atoms with Crippen LogP contribution in [0, 0.1) is 0 Å². The van der Waals surface area contributed by atoms with Crippen molar-refractivity contribution in [3.63, 3.8) is 0 Å². The molecule has 1 amide bonds. The fourth-order valence-electron chi connectivity index (χ4n) is 2.02. The first kappa shape index (κ1) is 10.3. The van der Waals surface area contributed by atoms with E-state index < -0.39 is 6.10 Å². The van der Waals surface area contributed by atoms with Crippen LogP contribution < -0.4 is 0 Å². The molecule has 13 heavy (non-hydrogen) atoms. The molecule has 0 radical (unpaired) electrons. The summed E-state index contributed by atoms with van der Waals surface area (Å²) in [5.74, 6) is 0. The third-order valence-corrected chi connectivity index (χ3v) is 2.66. The number of carbonyl (C=O) groups excluding carboxylic acids is 1. The molecule has 76 valence electrons. The average Bonchev–Trinajstić information content (AvgIpc) is 2.39. The summed E-state index contributed by atoms with van der Waals surface area (Å²) in [5.41, 5.74) is 0. The first-order valence-electron chi connectivity index (χ1n) is 4.66. The molecule has 1 aliphatic rings. The maximum absolute atomic E-state index is 11.3. The first-order valence-corrected chi connectivity index (χ1v) is 4.66. The maximum atomic E-state index is 11.3. The number of amides is 1. The van der Waals surface area contributed by atoms with Crippen molar-refractivity contribution >= 4 is 6.09 Å². The van der Waals surface area contributed by atoms with Crippen LogP contribution in [0.1, 0.15) is 26.7 Å². The lowest BCUT2D eigenvalue weighted by molar-refractivity contribution is 0.0805. The number of aliphatic hydroxyl groups is 1. The van der Waals surface area contributed by atoms with Gasteiger partial charge in [0.1, 0.15) is 0 Å². The third kappa shape index (κ3) is 1.77. The number of ether oxygens (including phenoxy) is 1. The SMILES string of the molecule is CC[C@H]1C(O)CC(C)N1C(=O)OC. The summed E-state index contributed by atoms with van der Waals surface area (Å²) in [6.07, 6.45) is 0.670. The van der Waals surface area contributed by atoms with E-state index in [1.807, 2.05) is 13.8 Å². The van der Waals surface area contributed by atoms with Crippen LogP contribution in [-0.4, -0.2) is 41.4 Å². The van der Waals surface area contributed by atoms with Gasteiger partial charge >= 0.3 is 6.09 Å². The van der Waals surface area contributed by atoms with Crippen LogP contribution >= 0.6 is 0 Å². The van der Waals surface area contributed by atoms with Gasteiger partial charge in [0.25, 0.3) is 0 Å². The molecule has 1 fully saturated rings. The molecule has 1 rings (SSSR count). The minimum atomic E-state index is -0.404. The van der Waals surface area contributed by atoms with Crippen LogP contribution in [-0.2, 0) is 4.74 Å². The summed E-state index contributed by atoms with van der Waals surface area (Å²) in [4.78, 5) is 13.0. The Morgan fingerprint density at radius 3 is 2.77 bits per heavy atom. The van der Waals surface area contributed by atoms with Gasteiger partial charge < -0.3 is 9.84 Å². The van der Waals surface area contributed by atoms with Crippen LogP contribution in [0.5, 0.6) is 0 Å². The zero-order valence-corrected chi connectivity index (χ0v) is 8.36. The standard InChI is InChI=1S/C9H17NO3/c1-4-7-8(11)5-6(2)10(7)9(12)13-3/h6-8,11H,4-5H2,1-3H3/t6?,7-,8?/m0/s1. The minimum absolute atomic E-state index is 0.0763. The second kappa shape index (κ2) is 3.96. The quantitative estimate of drug-likeness (QED) is 0.666. The lowest BCUT2D eigenvalue weighted by Gasteiger charge is -2.26. The summed E-state index contributed by atoms with van der Waals surface area (Å²) in [6, 6.07) is -0.00477. The van der Waals surface area contributed by atoms with Crippen molar-refractivity contribution in [2.45, 2.75) is 44.9 Å². The third-order valence-electron chi connectivity index (χ3n) is 2.66. The van der Waals surface area contributed by atoms with E-state index in [0.29, 0.717) is 6.42 Å². The van der Waals surface area contributed by atoms with Gasteiger partial charge in [-0.25, -0.2) is 4.79 Å². The van der Waals surface area contributed by atoms with Gasteiger partial charge in [-0.3, -0.25) is 4.90 Å². The van der Waals surface area contributed by atoms with Gasteiger partial charge in [0.05, 0.1) is 19.3 Å². The van der Waals surface area contributed by atoms with Gasteiger partial charge in [0.2, 0.25) is 0 Å². The normalized spacial score (nSPS) is 33.5. The van der Waals surface area contributed by atoms with Crippen molar-refractivity contribution < 1.29 is 14.6 Å². The molecular weight excluding hydrogens is 170 g/mol. The van der Waals surface area contributed by atoms with E-state index in [0.717, 1.165) is 6.42 Å². The lowest BCUT2D eigenvalue weighted by Crippen LogP contribution is -2.42. The molecule has 0 saturated carbocycles. The van der Waals surface area contributed by atoms with E-state index in [1.165, 1.54) is 7.11 Å². The van der Waals surface area contributed by atoms with Gasteiger partial charge in [-0.1, -0.05) is 6.92 Å². The summed E-state index contributed by atoms with van der Waals surface area (Å²) in [7, 11) is 1.37. The Morgan fingerprint density at radius 2 is 2.31 bits per heavy atom. The summed E-state index contributed by atoms with van der Waals surface area (Å²) in [5, 5.41) is 9.62. The van der Waals surface area contributed by atoms with Crippen LogP contribution in [0.25, 0.3) is 0 Å². The number of carbonyl (C=O) groups is 1. The molecule has 1 aliphatic heterocycles. The highest BCUT2D eigenvalue weighted by Crippen LogP contribution is 2.26. The predicted molar refractivity (Wildman–Crippen MR) is 48.4 cm³/mol. The number of hydrogen-bond acceptors (Lipinski definition) is 3. The predicted octanol–water partition coefficient (Wildman–Crippen LogP) is 0.986. The molecule has 0 bridgehead atoms. The highest BCUT2D eigenvalue weighted by atomic mass is 16.5. The van der Waals surface area contributed by atoms with Crippen molar-refractivity contribution in [2.24, 2.45) is 0 Å². The molecule has 4 nitrogen and oxygen atoms in total. The molecule has 2 unspecified atom stereocenters. The highest BCUT2D eigenvalue weighted by Gasteiger charge is 2.40. The van der Waals surface area contributed by atoms with Crippen molar-refractivity contribution in [1.29, 1.82) is 0 Å². The Bertz CT molecular complexity index is 195. The van der Waals surface area contributed by atoms with Crippen LogP contribution in [0.4, 0.5) is 4.79 Å². The monoisotopic (exact) mass is 187 g/mol. The number of methoxy groups -OCH3 is 1. The number of hydrogen-bond donors (Lipinski definition) is 1. The van der Waals surface area contributed by atoms with Crippen molar-refractivity contribution in [3.8, 4) is 0 Å². The van der Waals surface area contributed by atoms with Crippen molar-refractivity contribution in [3.05, 3.63) is 0 Å². The van der Waals surface area contributed by atoms with Gasteiger partial charge in [-0.05, 0) is 19.8 Å². The zero-order valence-electron chi connectivity index (χ0n) is 8.36. The number of likely N-dealkylation sites (tertiary alicyclic amines) is 1. The summed E-state index contributed by atoms with van der Waals surface area (Å²) < 4.78 is 4.66. The van der Waals surface area contributed by atoms with Crippen molar-refractivity contribution in [1.82, 2.24) is 4.90 Å². The molecule has 1 N–H and O–H groups in total. The number of rotatable bonds is 1. The average molecular weight is 187 g/mol. The number of nitrogens with zero attached hydrogens (tertiary/aromatic N) is 1. The fourth-order valence-corrected chi connectivity index (χ4v) is 2.02. The summed E-state index contributed by atoms with van der Waals surface area (Å²) in [6.45, 7) is 3.89. The molecule has 0 aromatic rings. The Hall–Kier alpha value is -0.770. The van der Waals surface area contributed by atoms with Gasteiger partial charge in [0, 0.05) is 6.04 Å². The van der Waals surface area contributed by atoms with Crippen LogP contribution in [0.15, 0.2) is 0 Å². The zero-order chi connectivity index (χ0) is 10.0. The van der Waals surface area contributed by atoms with Gasteiger partial charge in [-0.15, -0.1) is 0 Å².